The molecule has 0 aromatic carbocycles. The van der Waals surface area contributed by atoms with E-state index in [2.05, 4.69) is 21.6 Å². The Balaban J connectivity index is 1.54. The summed E-state index contributed by atoms with van der Waals surface area (Å²) in [5, 5.41) is 9.93. The molecule has 3 rings (SSSR count). The van der Waals surface area contributed by atoms with Gasteiger partial charge in [0.1, 0.15) is 0 Å². The van der Waals surface area contributed by atoms with Crippen LogP contribution in [0.25, 0.3) is 0 Å². The number of methoxy groups -OCH3 is 1. The van der Waals surface area contributed by atoms with Crippen molar-refractivity contribution in [3.63, 3.8) is 0 Å². The molecule has 0 aromatic heterocycles. The zero-order valence-corrected chi connectivity index (χ0v) is 15.4. The maximum absolute atomic E-state index is 12.1. The molecule has 0 aromatic rings. The van der Waals surface area contributed by atoms with Gasteiger partial charge in [0, 0.05) is 46.3 Å². The predicted molar refractivity (Wildman–Crippen MR) is 92.8 cm³/mol. The van der Waals surface area contributed by atoms with E-state index in [1.807, 2.05) is 0 Å². The Hall–Kier alpha value is -0.690. The van der Waals surface area contributed by atoms with Crippen LogP contribution in [0.4, 0.5) is 0 Å². The Kier molecular flexibility index (Phi) is 5.49. The predicted octanol–water partition coefficient (Wildman–Crippen LogP) is 0.401. The molecule has 3 atom stereocenters. The summed E-state index contributed by atoms with van der Waals surface area (Å²) in [5.74, 6) is 0.802. The number of hydrogen-bond donors (Lipinski definition) is 1. The number of β-amino-alcohol motifs (C(OH)–C–C–N with tert-alkyl or cyclic N) is 1. The maximum Gasteiger partial charge on any atom is 0.220 e. The van der Waals surface area contributed by atoms with Crippen LogP contribution in [0.2, 0.25) is 0 Å². The van der Waals surface area contributed by atoms with Crippen LogP contribution in [-0.4, -0.2) is 96.4 Å². The molecule has 6 nitrogen and oxygen atoms in total. The van der Waals surface area contributed by atoms with Crippen LogP contribution < -0.4 is 0 Å². The molecule has 3 heterocycles. The van der Waals surface area contributed by atoms with Crippen molar-refractivity contribution in [3.8, 4) is 0 Å². The van der Waals surface area contributed by atoms with Crippen LogP contribution in [0.15, 0.2) is 0 Å². The number of aliphatic hydroxyl groups excluding tert-OH is 1. The van der Waals surface area contributed by atoms with Crippen molar-refractivity contribution in [2.24, 2.45) is 5.92 Å². The van der Waals surface area contributed by atoms with Crippen molar-refractivity contribution in [1.29, 1.82) is 0 Å². The number of amides is 1. The fourth-order valence-corrected chi connectivity index (χ4v) is 5.07. The monoisotopic (exact) mass is 339 g/mol. The largest absolute Gasteiger partial charge is 0.392 e. The molecular weight excluding hydrogens is 306 g/mol. The van der Waals surface area contributed by atoms with Gasteiger partial charge in [-0.2, -0.15) is 0 Å². The number of hydrogen-bond acceptors (Lipinski definition) is 5. The van der Waals surface area contributed by atoms with Crippen LogP contribution >= 0.6 is 0 Å². The molecule has 0 radical (unpaired) electrons. The third-order valence-corrected chi connectivity index (χ3v) is 6.23. The fourth-order valence-electron chi connectivity index (χ4n) is 5.07. The molecule has 1 N–H and O–H groups in total. The summed E-state index contributed by atoms with van der Waals surface area (Å²) in [6.45, 7) is 10.4. The second-order valence-corrected chi connectivity index (χ2v) is 8.01. The molecule has 138 valence electrons. The van der Waals surface area contributed by atoms with Gasteiger partial charge >= 0.3 is 0 Å². The second-order valence-electron chi connectivity index (χ2n) is 8.01. The SMILES string of the molecule is CCN1CC2(CC(CCN3CC(O)CC3COC)CN2C(C)=O)C1. The minimum absolute atomic E-state index is 0.100. The number of aliphatic hydroxyl groups is 1. The zero-order valence-electron chi connectivity index (χ0n) is 15.4. The highest BCUT2D eigenvalue weighted by molar-refractivity contribution is 5.75. The Morgan fingerprint density at radius 2 is 2.08 bits per heavy atom. The third kappa shape index (κ3) is 3.47. The van der Waals surface area contributed by atoms with Crippen LogP contribution in [0.3, 0.4) is 0 Å². The highest BCUT2D eigenvalue weighted by Crippen LogP contribution is 2.41. The molecule has 1 spiro atoms. The van der Waals surface area contributed by atoms with Crippen molar-refractivity contribution in [2.75, 3.05) is 53.0 Å². The normalized spacial score (nSPS) is 33.3. The van der Waals surface area contributed by atoms with E-state index >= 15 is 0 Å². The van der Waals surface area contributed by atoms with Gasteiger partial charge in [-0.1, -0.05) is 6.92 Å². The third-order valence-electron chi connectivity index (χ3n) is 6.23. The summed E-state index contributed by atoms with van der Waals surface area (Å²) < 4.78 is 5.30. The van der Waals surface area contributed by atoms with Gasteiger partial charge in [-0.25, -0.2) is 0 Å². The number of likely N-dealkylation sites (tertiary alicyclic amines) is 3. The summed E-state index contributed by atoms with van der Waals surface area (Å²) in [7, 11) is 1.73. The molecule has 1 amide bonds. The molecule has 0 bridgehead atoms. The van der Waals surface area contributed by atoms with Crippen molar-refractivity contribution in [3.05, 3.63) is 0 Å². The molecule has 3 aliphatic heterocycles. The van der Waals surface area contributed by atoms with Crippen LogP contribution in [0, 0.1) is 5.92 Å². The van der Waals surface area contributed by atoms with E-state index in [-0.39, 0.29) is 17.6 Å². The first-order valence-electron chi connectivity index (χ1n) is 9.39. The lowest BCUT2D eigenvalue weighted by atomic mass is 9.83. The number of likely N-dealkylation sites (N-methyl/N-ethyl adjacent to an activating group) is 1. The Morgan fingerprint density at radius 3 is 2.71 bits per heavy atom. The maximum atomic E-state index is 12.1. The number of rotatable bonds is 6. The van der Waals surface area contributed by atoms with Crippen molar-refractivity contribution < 1.29 is 14.6 Å². The molecule has 3 saturated heterocycles. The van der Waals surface area contributed by atoms with E-state index in [4.69, 9.17) is 4.74 Å². The summed E-state index contributed by atoms with van der Waals surface area (Å²) >= 11 is 0. The number of ether oxygens (including phenoxy) is 1. The molecule has 6 heteroatoms. The van der Waals surface area contributed by atoms with Crippen LogP contribution in [0.5, 0.6) is 0 Å². The highest BCUT2D eigenvalue weighted by Gasteiger charge is 2.53. The Morgan fingerprint density at radius 1 is 1.33 bits per heavy atom. The zero-order chi connectivity index (χ0) is 17.3. The average Bonchev–Trinajstić information content (AvgIpc) is 3.04. The summed E-state index contributed by atoms with van der Waals surface area (Å²) in [6, 6.07) is 0.337. The minimum Gasteiger partial charge on any atom is -0.392 e. The average molecular weight is 339 g/mol. The molecule has 0 aliphatic carbocycles. The van der Waals surface area contributed by atoms with Gasteiger partial charge in [0.05, 0.1) is 18.2 Å². The van der Waals surface area contributed by atoms with E-state index in [0.29, 0.717) is 18.6 Å². The van der Waals surface area contributed by atoms with Crippen molar-refractivity contribution in [2.45, 2.75) is 50.8 Å². The topological polar surface area (TPSA) is 56.2 Å². The van der Waals surface area contributed by atoms with Crippen molar-refractivity contribution in [1.82, 2.24) is 14.7 Å². The van der Waals surface area contributed by atoms with Gasteiger partial charge < -0.3 is 14.7 Å². The lowest BCUT2D eigenvalue weighted by Gasteiger charge is -2.52. The van der Waals surface area contributed by atoms with Gasteiger partial charge in [0.15, 0.2) is 0 Å². The second kappa shape index (κ2) is 7.28. The molecule has 3 unspecified atom stereocenters. The van der Waals surface area contributed by atoms with E-state index in [1.165, 1.54) is 0 Å². The van der Waals surface area contributed by atoms with Gasteiger partial charge in [0.25, 0.3) is 0 Å². The first-order valence-corrected chi connectivity index (χ1v) is 9.39. The first-order chi connectivity index (χ1) is 11.5. The lowest BCUT2D eigenvalue weighted by molar-refractivity contribution is -0.139. The summed E-state index contributed by atoms with van der Waals surface area (Å²) in [5.41, 5.74) is 0.100. The first kappa shape index (κ1) is 18.1. The Labute approximate surface area is 145 Å². The molecule has 3 aliphatic rings. The fraction of sp³-hybridized carbons (Fsp3) is 0.944. The van der Waals surface area contributed by atoms with E-state index in [0.717, 1.165) is 58.5 Å². The van der Waals surface area contributed by atoms with E-state index in [9.17, 15) is 9.90 Å². The van der Waals surface area contributed by atoms with Crippen LogP contribution in [0.1, 0.15) is 33.1 Å². The smallest absolute Gasteiger partial charge is 0.220 e. The number of carbonyl (C=O) groups is 1. The quantitative estimate of drug-likeness (QED) is 0.759. The number of nitrogens with zero attached hydrogens (tertiary/aromatic N) is 3. The standard InChI is InChI=1S/C18H33N3O3/c1-4-19-12-18(13-19)8-15(9-21(18)14(2)22)5-6-20-10-17(23)7-16(20)11-24-3/h15-17,23H,4-13H2,1-3H3. The highest BCUT2D eigenvalue weighted by atomic mass is 16.5. The number of carbonyl (C=O) groups excluding carboxylic acids is 1. The van der Waals surface area contributed by atoms with E-state index < -0.39 is 0 Å². The van der Waals surface area contributed by atoms with Crippen molar-refractivity contribution >= 4 is 5.91 Å². The molecule has 24 heavy (non-hydrogen) atoms. The van der Waals surface area contributed by atoms with Gasteiger partial charge in [0.2, 0.25) is 5.91 Å². The van der Waals surface area contributed by atoms with E-state index in [1.54, 1.807) is 14.0 Å². The summed E-state index contributed by atoms with van der Waals surface area (Å²) in [4.78, 5) is 19.0. The Bertz CT molecular complexity index is 453. The minimum atomic E-state index is -0.224. The molecular formula is C18H33N3O3. The van der Waals surface area contributed by atoms with Gasteiger partial charge in [-0.05, 0) is 38.3 Å². The van der Waals surface area contributed by atoms with Gasteiger partial charge in [-0.15, -0.1) is 0 Å². The molecule has 0 saturated carbocycles. The van der Waals surface area contributed by atoms with Gasteiger partial charge in [-0.3, -0.25) is 14.6 Å². The lowest BCUT2D eigenvalue weighted by Crippen LogP contribution is -2.68. The van der Waals surface area contributed by atoms with Crippen LogP contribution in [-0.2, 0) is 9.53 Å². The molecule has 3 fully saturated rings. The summed E-state index contributed by atoms with van der Waals surface area (Å²) in [6.07, 6.45) is 2.82.